The molecule has 1 saturated carbocycles. The molecule has 1 heterocycles. The molecule has 6 heteroatoms. The number of aryl methyl sites for hydroxylation is 2. The number of ether oxygens (including phenoxy) is 2. The molecule has 4 rings (SSSR count). The summed E-state index contributed by atoms with van der Waals surface area (Å²) in [6.45, 7) is 9.20. The number of aliphatic hydroxyl groups excluding tert-OH is 1. The second kappa shape index (κ2) is 11.0. The molecule has 0 saturated heterocycles. The van der Waals surface area contributed by atoms with E-state index in [1.807, 2.05) is 67.1 Å². The van der Waals surface area contributed by atoms with Crippen LogP contribution in [0.15, 0.2) is 54.6 Å². The van der Waals surface area contributed by atoms with Gasteiger partial charge in [0, 0.05) is 26.2 Å². The van der Waals surface area contributed by atoms with Crippen molar-refractivity contribution >= 4 is 0 Å². The zero-order valence-corrected chi connectivity index (χ0v) is 19.9. The van der Waals surface area contributed by atoms with Gasteiger partial charge in [-0.15, -0.1) is 0 Å². The first-order chi connectivity index (χ1) is 16.0. The van der Waals surface area contributed by atoms with Gasteiger partial charge in [-0.05, 0) is 69.4 Å². The molecule has 1 atom stereocenters. The maximum absolute atomic E-state index is 10.5. The number of benzene rings is 2. The average molecular weight is 450 g/mol. The van der Waals surface area contributed by atoms with Gasteiger partial charge in [-0.3, -0.25) is 4.90 Å². The highest BCUT2D eigenvalue weighted by Gasteiger charge is 2.28. The molecule has 1 fully saturated rings. The summed E-state index contributed by atoms with van der Waals surface area (Å²) in [5.41, 5.74) is 4.08. The third-order valence-corrected chi connectivity index (χ3v) is 5.92. The van der Waals surface area contributed by atoms with Gasteiger partial charge in [0.2, 0.25) is 5.88 Å². The largest absolute Gasteiger partial charge is 0.439 e. The van der Waals surface area contributed by atoms with Gasteiger partial charge >= 0.3 is 0 Å². The smallest absolute Gasteiger partial charge is 0.227 e. The summed E-state index contributed by atoms with van der Waals surface area (Å²) in [5, 5.41) is 15.4. The van der Waals surface area contributed by atoms with Gasteiger partial charge in [0.1, 0.15) is 5.75 Å². The average Bonchev–Trinajstić information content (AvgIpc) is 3.57. The quantitative estimate of drug-likeness (QED) is 0.427. The minimum atomic E-state index is -0.519. The molecule has 0 radical (unpaired) electrons. The topological polar surface area (TPSA) is 59.8 Å². The van der Waals surface area contributed by atoms with E-state index in [4.69, 9.17) is 14.6 Å². The van der Waals surface area contributed by atoms with E-state index in [1.165, 1.54) is 12.8 Å². The summed E-state index contributed by atoms with van der Waals surface area (Å²) < 4.78 is 13.8. The first-order valence-electron chi connectivity index (χ1n) is 11.9. The van der Waals surface area contributed by atoms with E-state index in [9.17, 15) is 5.11 Å². The number of nitrogens with zero attached hydrogens (tertiary/aromatic N) is 3. The first-order valence-corrected chi connectivity index (χ1v) is 11.9. The first kappa shape index (κ1) is 23.5. The van der Waals surface area contributed by atoms with Gasteiger partial charge in [-0.1, -0.05) is 30.3 Å². The molecule has 176 valence electrons. The van der Waals surface area contributed by atoms with Crippen molar-refractivity contribution in [2.24, 2.45) is 5.92 Å². The van der Waals surface area contributed by atoms with Crippen LogP contribution < -0.4 is 4.74 Å². The van der Waals surface area contributed by atoms with Gasteiger partial charge in [0.15, 0.2) is 0 Å². The lowest BCUT2D eigenvalue weighted by atomic mass is 10.2. The molecular formula is C27H35N3O3. The van der Waals surface area contributed by atoms with Crippen LogP contribution in [0, 0.1) is 19.8 Å². The Labute approximate surface area is 196 Å². The number of para-hydroxylation sites is 1. The zero-order valence-electron chi connectivity index (χ0n) is 19.9. The zero-order chi connectivity index (χ0) is 23.2. The maximum Gasteiger partial charge on any atom is 0.227 e. The molecular weight excluding hydrogens is 414 g/mol. The van der Waals surface area contributed by atoms with E-state index in [0.717, 1.165) is 40.7 Å². The molecule has 33 heavy (non-hydrogen) atoms. The summed E-state index contributed by atoms with van der Waals surface area (Å²) in [7, 11) is 0. The monoisotopic (exact) mass is 449 g/mol. The van der Waals surface area contributed by atoms with Gasteiger partial charge in [-0.2, -0.15) is 5.10 Å². The molecule has 2 aromatic carbocycles. The molecule has 3 aromatic rings. The fourth-order valence-electron chi connectivity index (χ4n) is 4.06. The third-order valence-electron chi connectivity index (χ3n) is 5.92. The molecule has 0 bridgehead atoms. The van der Waals surface area contributed by atoms with Crippen molar-refractivity contribution in [1.29, 1.82) is 0 Å². The molecule has 1 N–H and O–H groups in total. The van der Waals surface area contributed by atoms with Crippen LogP contribution in [-0.2, 0) is 11.3 Å². The van der Waals surface area contributed by atoms with Crippen molar-refractivity contribution in [3.63, 3.8) is 0 Å². The highest BCUT2D eigenvalue weighted by atomic mass is 16.5. The Morgan fingerprint density at radius 1 is 1.12 bits per heavy atom. The molecule has 0 spiro atoms. The lowest BCUT2D eigenvalue weighted by Gasteiger charge is -2.25. The van der Waals surface area contributed by atoms with E-state index in [1.54, 1.807) is 0 Å². The Balaban J connectivity index is 1.65. The maximum atomic E-state index is 10.5. The standard InChI is InChI=1S/C27H35N3O3/c1-4-32-19-24(31)17-29(16-22-13-14-22)18-26-21(3)28-30(23-10-6-5-7-11-23)27(26)33-25-12-8-9-20(2)15-25/h5-12,15,22,24,31H,4,13-14,16-19H2,1-3H3/t24-/m1/s1. The fourth-order valence-corrected chi connectivity index (χ4v) is 4.06. The number of rotatable bonds is 12. The van der Waals surface area contributed by atoms with E-state index in [2.05, 4.69) is 17.9 Å². The Bertz CT molecular complexity index is 1030. The molecule has 0 unspecified atom stereocenters. The molecule has 0 aliphatic heterocycles. The molecule has 1 aliphatic carbocycles. The van der Waals surface area contributed by atoms with E-state index >= 15 is 0 Å². The summed E-state index contributed by atoms with van der Waals surface area (Å²) in [6, 6.07) is 18.2. The van der Waals surface area contributed by atoms with Crippen LogP contribution in [0.25, 0.3) is 5.69 Å². The molecule has 1 aromatic heterocycles. The van der Waals surface area contributed by atoms with Crippen molar-refractivity contribution < 1.29 is 14.6 Å². The molecule has 1 aliphatic rings. The number of hydrogen-bond acceptors (Lipinski definition) is 5. The predicted molar refractivity (Wildman–Crippen MR) is 130 cm³/mol. The second-order valence-electron chi connectivity index (χ2n) is 8.99. The minimum absolute atomic E-state index is 0.354. The van der Waals surface area contributed by atoms with Crippen LogP contribution in [-0.4, -0.2) is 52.2 Å². The lowest BCUT2D eigenvalue weighted by molar-refractivity contribution is 0.0186. The fraction of sp³-hybridized carbons (Fsp3) is 0.444. The lowest BCUT2D eigenvalue weighted by Crippen LogP contribution is -2.36. The number of aliphatic hydroxyl groups is 1. The normalized spacial score (nSPS) is 14.6. The minimum Gasteiger partial charge on any atom is -0.439 e. The van der Waals surface area contributed by atoms with Gasteiger partial charge in [-0.25, -0.2) is 4.68 Å². The Kier molecular flexibility index (Phi) is 7.81. The van der Waals surface area contributed by atoms with Crippen LogP contribution in [0.3, 0.4) is 0 Å². The second-order valence-corrected chi connectivity index (χ2v) is 8.99. The van der Waals surface area contributed by atoms with Crippen molar-refractivity contribution in [3.05, 3.63) is 71.4 Å². The number of hydrogen-bond donors (Lipinski definition) is 1. The Morgan fingerprint density at radius 2 is 1.91 bits per heavy atom. The Morgan fingerprint density at radius 3 is 2.61 bits per heavy atom. The van der Waals surface area contributed by atoms with Crippen LogP contribution in [0.1, 0.15) is 36.6 Å². The SMILES string of the molecule is CCOC[C@H](O)CN(Cc1c(C)nn(-c2ccccc2)c1Oc1cccc(C)c1)CC1CC1. The van der Waals surface area contributed by atoms with Crippen LogP contribution in [0.4, 0.5) is 0 Å². The van der Waals surface area contributed by atoms with Crippen molar-refractivity contribution in [2.75, 3.05) is 26.3 Å². The molecule has 6 nitrogen and oxygen atoms in total. The predicted octanol–water partition coefficient (Wildman–Crippen LogP) is 4.89. The summed E-state index contributed by atoms with van der Waals surface area (Å²) in [5.74, 6) is 2.22. The Hall–Kier alpha value is -2.67. The van der Waals surface area contributed by atoms with Crippen molar-refractivity contribution in [3.8, 4) is 17.3 Å². The van der Waals surface area contributed by atoms with Gasteiger partial charge in [0.05, 0.1) is 29.7 Å². The van der Waals surface area contributed by atoms with Crippen LogP contribution in [0.2, 0.25) is 0 Å². The van der Waals surface area contributed by atoms with E-state index in [0.29, 0.717) is 32.2 Å². The van der Waals surface area contributed by atoms with Gasteiger partial charge < -0.3 is 14.6 Å². The van der Waals surface area contributed by atoms with Crippen molar-refractivity contribution in [2.45, 2.75) is 46.3 Å². The van der Waals surface area contributed by atoms with Crippen molar-refractivity contribution in [1.82, 2.24) is 14.7 Å². The summed E-state index contributed by atoms with van der Waals surface area (Å²) in [4.78, 5) is 2.32. The highest BCUT2D eigenvalue weighted by Crippen LogP contribution is 2.34. The molecule has 0 amide bonds. The van der Waals surface area contributed by atoms with E-state index in [-0.39, 0.29) is 0 Å². The summed E-state index contributed by atoms with van der Waals surface area (Å²) in [6.07, 6.45) is 1.99. The van der Waals surface area contributed by atoms with E-state index < -0.39 is 6.10 Å². The van der Waals surface area contributed by atoms with Crippen LogP contribution >= 0.6 is 0 Å². The highest BCUT2D eigenvalue weighted by molar-refractivity contribution is 5.43. The third kappa shape index (κ3) is 6.44. The summed E-state index contributed by atoms with van der Waals surface area (Å²) >= 11 is 0. The van der Waals surface area contributed by atoms with Crippen LogP contribution in [0.5, 0.6) is 11.6 Å². The van der Waals surface area contributed by atoms with Gasteiger partial charge in [0.25, 0.3) is 0 Å². The number of aromatic nitrogens is 2.